The Morgan fingerprint density at radius 3 is 2.62 bits per heavy atom. The quantitative estimate of drug-likeness (QED) is 0.777. The number of amides is 1. The van der Waals surface area contributed by atoms with E-state index < -0.39 is 10.0 Å². The number of carbonyl (C=O) groups excluding carboxylic acids is 2. The molecule has 0 spiro atoms. The van der Waals surface area contributed by atoms with Crippen LogP contribution in [0.2, 0.25) is 0 Å². The van der Waals surface area contributed by atoms with Gasteiger partial charge in [-0.05, 0) is 31.7 Å². The number of carbonyl (C=O) groups is 2. The first-order valence-electron chi connectivity index (χ1n) is 8.43. The van der Waals surface area contributed by atoms with Crippen LogP contribution in [0.15, 0.2) is 12.1 Å². The normalized spacial score (nSPS) is 20.0. The van der Waals surface area contributed by atoms with Gasteiger partial charge in [-0.15, -0.1) is 0 Å². The Bertz CT molecular complexity index is 836. The standard InChI is InChI=1S/C17H22N2O6S/c1-11(20)13-7-15-16(25-10-24-15)8-14(13)18-17(21)6-12-4-3-5-19(9-12)26(2,22)23/h7-8,12H,3-6,9-10H2,1-2H3,(H,18,21). The van der Waals surface area contributed by atoms with E-state index in [-0.39, 0.29) is 30.8 Å². The maximum atomic E-state index is 12.4. The number of nitrogens with zero attached hydrogens (tertiary/aromatic N) is 1. The van der Waals surface area contributed by atoms with Gasteiger partial charge in [0.25, 0.3) is 0 Å². The Morgan fingerprint density at radius 1 is 1.27 bits per heavy atom. The minimum absolute atomic E-state index is 0.0479. The topological polar surface area (TPSA) is 102 Å². The van der Waals surface area contributed by atoms with Crippen LogP contribution in [0.3, 0.4) is 0 Å². The van der Waals surface area contributed by atoms with Crippen LogP contribution in [-0.4, -0.2) is 50.6 Å². The van der Waals surface area contributed by atoms with E-state index >= 15 is 0 Å². The second kappa shape index (κ2) is 7.24. The average Bonchev–Trinajstić information content (AvgIpc) is 3.00. The number of hydrogen-bond donors (Lipinski definition) is 1. The molecule has 2 aliphatic rings. The van der Waals surface area contributed by atoms with Gasteiger partial charge in [-0.1, -0.05) is 0 Å². The predicted molar refractivity (Wildman–Crippen MR) is 95.0 cm³/mol. The molecule has 26 heavy (non-hydrogen) atoms. The number of piperidine rings is 1. The van der Waals surface area contributed by atoms with Crippen LogP contribution in [0.4, 0.5) is 5.69 Å². The van der Waals surface area contributed by atoms with Crippen molar-refractivity contribution in [3.63, 3.8) is 0 Å². The van der Waals surface area contributed by atoms with Crippen molar-refractivity contribution in [2.24, 2.45) is 5.92 Å². The monoisotopic (exact) mass is 382 g/mol. The summed E-state index contributed by atoms with van der Waals surface area (Å²) in [5, 5.41) is 2.76. The summed E-state index contributed by atoms with van der Waals surface area (Å²) in [5.41, 5.74) is 0.728. The first-order chi connectivity index (χ1) is 12.2. The number of fused-ring (bicyclic) bond motifs is 1. The molecule has 1 unspecified atom stereocenters. The van der Waals surface area contributed by atoms with E-state index in [0.29, 0.717) is 35.8 Å². The van der Waals surface area contributed by atoms with Crippen LogP contribution in [0.1, 0.15) is 36.5 Å². The van der Waals surface area contributed by atoms with E-state index in [0.717, 1.165) is 12.8 Å². The molecule has 8 nitrogen and oxygen atoms in total. The van der Waals surface area contributed by atoms with Crippen molar-refractivity contribution in [2.75, 3.05) is 31.5 Å². The lowest BCUT2D eigenvalue weighted by atomic mass is 9.95. The number of sulfonamides is 1. The van der Waals surface area contributed by atoms with E-state index in [4.69, 9.17) is 9.47 Å². The number of ether oxygens (including phenoxy) is 2. The summed E-state index contributed by atoms with van der Waals surface area (Å²) in [4.78, 5) is 24.3. The van der Waals surface area contributed by atoms with Gasteiger partial charge in [0.05, 0.1) is 11.9 Å². The van der Waals surface area contributed by atoms with Gasteiger partial charge in [0.2, 0.25) is 22.7 Å². The molecule has 2 heterocycles. The molecule has 0 saturated carbocycles. The van der Waals surface area contributed by atoms with Gasteiger partial charge in [0, 0.05) is 31.1 Å². The van der Waals surface area contributed by atoms with Gasteiger partial charge in [-0.25, -0.2) is 12.7 Å². The first kappa shape index (κ1) is 18.7. The second-order valence-corrected chi connectivity index (χ2v) is 8.67. The number of hydrogen-bond acceptors (Lipinski definition) is 6. The molecule has 1 fully saturated rings. The van der Waals surface area contributed by atoms with E-state index in [1.807, 2.05) is 0 Å². The molecule has 1 atom stereocenters. The predicted octanol–water partition coefficient (Wildman–Crippen LogP) is 1.62. The molecule has 0 aromatic heterocycles. The SMILES string of the molecule is CC(=O)c1cc2c(cc1NC(=O)CC1CCCN(S(C)(=O)=O)C1)OCO2. The van der Waals surface area contributed by atoms with Gasteiger partial charge in [0.1, 0.15) is 0 Å². The minimum atomic E-state index is -3.25. The fraction of sp³-hybridized carbons (Fsp3) is 0.529. The zero-order valence-electron chi connectivity index (χ0n) is 14.8. The lowest BCUT2D eigenvalue weighted by Crippen LogP contribution is -2.40. The fourth-order valence-electron chi connectivity index (χ4n) is 3.29. The lowest BCUT2D eigenvalue weighted by Gasteiger charge is -2.30. The molecule has 0 aliphatic carbocycles. The fourth-order valence-corrected chi connectivity index (χ4v) is 4.24. The molecule has 1 N–H and O–H groups in total. The summed E-state index contributed by atoms with van der Waals surface area (Å²) in [6.07, 6.45) is 2.90. The van der Waals surface area contributed by atoms with Crippen LogP contribution in [-0.2, 0) is 14.8 Å². The molecule has 3 rings (SSSR count). The molecule has 1 saturated heterocycles. The molecule has 1 amide bonds. The summed E-state index contributed by atoms with van der Waals surface area (Å²) in [6.45, 7) is 2.33. The van der Waals surface area contributed by atoms with Crippen molar-refractivity contribution in [1.29, 1.82) is 0 Å². The molecular formula is C17H22N2O6S. The number of ketones is 1. The van der Waals surface area contributed by atoms with Crippen molar-refractivity contribution in [3.05, 3.63) is 17.7 Å². The Kier molecular flexibility index (Phi) is 5.19. The highest BCUT2D eigenvalue weighted by Crippen LogP contribution is 2.37. The van der Waals surface area contributed by atoms with Crippen LogP contribution >= 0.6 is 0 Å². The zero-order valence-corrected chi connectivity index (χ0v) is 15.6. The Morgan fingerprint density at radius 2 is 1.96 bits per heavy atom. The van der Waals surface area contributed by atoms with E-state index in [1.165, 1.54) is 17.5 Å². The summed E-state index contributed by atoms with van der Waals surface area (Å²) in [5.74, 6) is 0.454. The largest absolute Gasteiger partial charge is 0.454 e. The second-order valence-electron chi connectivity index (χ2n) is 6.69. The van der Waals surface area contributed by atoms with Gasteiger partial charge < -0.3 is 14.8 Å². The summed E-state index contributed by atoms with van der Waals surface area (Å²) in [7, 11) is -3.25. The van der Waals surface area contributed by atoms with Crippen molar-refractivity contribution in [1.82, 2.24) is 4.31 Å². The van der Waals surface area contributed by atoms with Crippen molar-refractivity contribution in [2.45, 2.75) is 26.2 Å². The molecule has 2 aliphatic heterocycles. The Hall–Kier alpha value is -2.13. The summed E-state index contributed by atoms with van der Waals surface area (Å²) >= 11 is 0. The third-order valence-electron chi connectivity index (χ3n) is 4.59. The number of anilines is 1. The first-order valence-corrected chi connectivity index (χ1v) is 10.3. The summed E-state index contributed by atoms with van der Waals surface area (Å²) in [6, 6.07) is 3.15. The van der Waals surface area contributed by atoms with Crippen LogP contribution in [0.5, 0.6) is 11.5 Å². The van der Waals surface area contributed by atoms with Crippen LogP contribution in [0.25, 0.3) is 0 Å². The molecular weight excluding hydrogens is 360 g/mol. The van der Waals surface area contributed by atoms with Gasteiger partial charge >= 0.3 is 0 Å². The highest BCUT2D eigenvalue weighted by molar-refractivity contribution is 7.88. The maximum absolute atomic E-state index is 12.4. The number of rotatable bonds is 5. The zero-order chi connectivity index (χ0) is 18.9. The summed E-state index contributed by atoms with van der Waals surface area (Å²) < 4.78 is 35.4. The lowest BCUT2D eigenvalue weighted by molar-refractivity contribution is -0.117. The number of nitrogens with one attached hydrogen (secondary N) is 1. The third kappa shape index (κ3) is 4.16. The van der Waals surface area contributed by atoms with Crippen LogP contribution < -0.4 is 14.8 Å². The maximum Gasteiger partial charge on any atom is 0.231 e. The van der Waals surface area contributed by atoms with E-state index in [9.17, 15) is 18.0 Å². The molecule has 1 aromatic carbocycles. The van der Waals surface area contributed by atoms with E-state index in [2.05, 4.69) is 5.32 Å². The molecule has 1 aromatic rings. The highest BCUT2D eigenvalue weighted by atomic mass is 32.2. The molecule has 142 valence electrons. The number of benzene rings is 1. The molecule has 0 bridgehead atoms. The van der Waals surface area contributed by atoms with Gasteiger partial charge in [-0.2, -0.15) is 0 Å². The van der Waals surface area contributed by atoms with Crippen LogP contribution in [0, 0.1) is 5.92 Å². The molecule has 9 heteroatoms. The molecule has 0 radical (unpaired) electrons. The number of Topliss-reactive ketones (excluding diaryl/α,β-unsaturated/α-hetero) is 1. The highest BCUT2D eigenvalue weighted by Gasteiger charge is 2.28. The Balaban J connectivity index is 1.69. The van der Waals surface area contributed by atoms with Gasteiger partial charge in [-0.3, -0.25) is 9.59 Å². The van der Waals surface area contributed by atoms with Crippen molar-refractivity contribution in [3.8, 4) is 11.5 Å². The smallest absolute Gasteiger partial charge is 0.231 e. The van der Waals surface area contributed by atoms with Gasteiger partial charge in [0.15, 0.2) is 17.3 Å². The minimum Gasteiger partial charge on any atom is -0.454 e. The van der Waals surface area contributed by atoms with Crippen molar-refractivity contribution < 1.29 is 27.5 Å². The third-order valence-corrected chi connectivity index (χ3v) is 5.86. The average molecular weight is 382 g/mol. The van der Waals surface area contributed by atoms with Crippen molar-refractivity contribution >= 4 is 27.4 Å². The Labute approximate surface area is 152 Å². The van der Waals surface area contributed by atoms with E-state index in [1.54, 1.807) is 12.1 Å².